The predicted molar refractivity (Wildman–Crippen MR) is 168 cm³/mol. The van der Waals surface area contributed by atoms with Crippen LogP contribution in [0.4, 0.5) is 23.7 Å². The fourth-order valence-corrected chi connectivity index (χ4v) is 7.99. The van der Waals surface area contributed by atoms with Gasteiger partial charge in [0, 0.05) is 56.2 Å². The van der Waals surface area contributed by atoms with Gasteiger partial charge in [0.1, 0.15) is 0 Å². The summed E-state index contributed by atoms with van der Waals surface area (Å²) in [4.78, 5) is 45.6. The van der Waals surface area contributed by atoms with E-state index in [4.69, 9.17) is 27.9 Å². The topological polar surface area (TPSA) is 82.2 Å². The fraction of sp³-hybridized carbons (Fsp3) is 0.545. The van der Waals surface area contributed by atoms with Crippen LogP contribution in [0.25, 0.3) is 0 Å². The van der Waals surface area contributed by atoms with Crippen molar-refractivity contribution < 1.29 is 32.3 Å². The van der Waals surface area contributed by atoms with Gasteiger partial charge in [0.05, 0.1) is 15.6 Å². The van der Waals surface area contributed by atoms with Gasteiger partial charge in [-0.2, -0.15) is 13.2 Å². The van der Waals surface area contributed by atoms with Gasteiger partial charge < -0.3 is 24.8 Å². The number of likely N-dealkylation sites (tertiary alicyclic amines) is 3. The number of ether oxygens (including phenoxy) is 1. The summed E-state index contributed by atoms with van der Waals surface area (Å²) in [5, 5.41) is 2.00. The average molecular weight is 682 g/mol. The van der Waals surface area contributed by atoms with E-state index in [1.807, 2.05) is 24.3 Å². The number of halogens is 5. The molecule has 3 amide bonds. The van der Waals surface area contributed by atoms with Gasteiger partial charge in [-0.15, -0.1) is 0 Å². The number of benzene rings is 2. The van der Waals surface area contributed by atoms with Crippen molar-refractivity contribution in [3.63, 3.8) is 0 Å². The first-order valence-corrected chi connectivity index (χ1v) is 16.6. The van der Waals surface area contributed by atoms with E-state index in [2.05, 4.69) is 10.2 Å². The van der Waals surface area contributed by atoms with Crippen molar-refractivity contribution in [2.75, 3.05) is 44.6 Å². The Morgan fingerprint density at radius 1 is 0.978 bits per heavy atom. The SMILES string of the molecule is O=C1CC2(CCN(C(=O)O[C@H](Cc3cc(Cl)c(Cl)c(C(F)(F)F)c3)C(=O)N3CCC(N4CCCC4)CC3)CC2)c2ccccc2N1. The van der Waals surface area contributed by atoms with Gasteiger partial charge in [0.15, 0.2) is 6.10 Å². The number of para-hydroxylation sites is 1. The van der Waals surface area contributed by atoms with Crippen molar-refractivity contribution in [2.45, 2.75) is 75.1 Å². The second-order valence-corrected chi connectivity index (χ2v) is 13.6. The number of fused-ring (bicyclic) bond motifs is 2. The molecule has 1 atom stereocenters. The molecule has 1 N–H and O–H groups in total. The van der Waals surface area contributed by atoms with Gasteiger partial charge in [-0.25, -0.2) is 4.79 Å². The first-order chi connectivity index (χ1) is 21.9. The lowest BCUT2D eigenvalue weighted by Gasteiger charge is -2.44. The number of nitrogens with zero attached hydrogens (tertiary/aromatic N) is 3. The van der Waals surface area contributed by atoms with Crippen LogP contribution in [-0.4, -0.2) is 84.0 Å². The molecule has 0 bridgehead atoms. The Morgan fingerprint density at radius 3 is 2.33 bits per heavy atom. The van der Waals surface area contributed by atoms with Crippen molar-refractivity contribution in [3.05, 3.63) is 63.1 Å². The predicted octanol–water partition coefficient (Wildman–Crippen LogP) is 6.52. The zero-order valence-electron chi connectivity index (χ0n) is 25.4. The number of amides is 3. The maximum atomic E-state index is 13.9. The Hall–Kier alpha value is -3.02. The molecule has 3 saturated heterocycles. The van der Waals surface area contributed by atoms with Crippen LogP contribution < -0.4 is 5.32 Å². The Balaban J connectivity index is 1.18. The summed E-state index contributed by atoms with van der Waals surface area (Å²) in [6.45, 7) is 3.63. The Morgan fingerprint density at radius 2 is 1.65 bits per heavy atom. The lowest BCUT2D eigenvalue weighted by atomic mass is 9.68. The normalized spacial score (nSPS) is 21.2. The molecule has 13 heteroatoms. The summed E-state index contributed by atoms with van der Waals surface area (Å²) in [7, 11) is 0. The molecule has 6 rings (SSSR count). The Labute approximate surface area is 276 Å². The highest BCUT2D eigenvalue weighted by atomic mass is 35.5. The number of anilines is 1. The minimum Gasteiger partial charge on any atom is -0.436 e. The van der Waals surface area contributed by atoms with E-state index >= 15 is 0 Å². The van der Waals surface area contributed by atoms with Crippen molar-refractivity contribution in [3.8, 4) is 0 Å². The minimum atomic E-state index is -4.76. The molecule has 8 nitrogen and oxygen atoms in total. The van der Waals surface area contributed by atoms with E-state index in [-0.39, 0.29) is 22.9 Å². The monoisotopic (exact) mass is 680 g/mol. The molecular weight excluding hydrogens is 644 g/mol. The number of alkyl halides is 3. The zero-order chi connectivity index (χ0) is 32.6. The summed E-state index contributed by atoms with van der Waals surface area (Å²) in [5.41, 5.74) is 0.362. The molecule has 1 spiro atoms. The largest absolute Gasteiger partial charge is 0.436 e. The van der Waals surface area contributed by atoms with Crippen LogP contribution in [0.3, 0.4) is 0 Å². The van der Waals surface area contributed by atoms with Gasteiger partial charge in [-0.05, 0) is 80.9 Å². The maximum Gasteiger partial charge on any atom is 0.417 e. The summed E-state index contributed by atoms with van der Waals surface area (Å²) >= 11 is 12.0. The van der Waals surface area contributed by atoms with Crippen LogP contribution in [0.2, 0.25) is 10.0 Å². The number of hydrogen-bond acceptors (Lipinski definition) is 5. The fourth-order valence-electron chi connectivity index (χ4n) is 7.54. The number of carbonyl (C=O) groups is 3. The van der Waals surface area contributed by atoms with E-state index in [0.29, 0.717) is 51.5 Å². The van der Waals surface area contributed by atoms with Gasteiger partial charge in [0.25, 0.3) is 5.91 Å². The number of piperidine rings is 2. The summed E-state index contributed by atoms with van der Waals surface area (Å²) in [6, 6.07) is 10.2. The van der Waals surface area contributed by atoms with Crippen LogP contribution in [-0.2, 0) is 32.3 Å². The molecule has 46 heavy (non-hydrogen) atoms. The summed E-state index contributed by atoms with van der Waals surface area (Å²) < 4.78 is 47.1. The maximum absolute atomic E-state index is 13.9. The first kappa shape index (κ1) is 32.9. The highest BCUT2D eigenvalue weighted by Gasteiger charge is 2.44. The first-order valence-electron chi connectivity index (χ1n) is 15.9. The summed E-state index contributed by atoms with van der Waals surface area (Å²) in [6.07, 6.45) is -1.88. The van der Waals surface area contributed by atoms with Gasteiger partial charge in [0.2, 0.25) is 5.91 Å². The number of nitrogens with one attached hydrogen (secondary N) is 1. The zero-order valence-corrected chi connectivity index (χ0v) is 26.9. The van der Waals surface area contributed by atoms with Crippen LogP contribution in [0.15, 0.2) is 36.4 Å². The lowest BCUT2D eigenvalue weighted by molar-refractivity contribution is -0.142. The highest BCUT2D eigenvalue weighted by molar-refractivity contribution is 6.42. The molecule has 2 aromatic carbocycles. The van der Waals surface area contributed by atoms with Crippen LogP contribution in [0.5, 0.6) is 0 Å². The van der Waals surface area contributed by atoms with E-state index in [9.17, 15) is 27.6 Å². The molecule has 3 fully saturated rings. The minimum absolute atomic E-state index is 0.0752. The molecule has 2 aromatic rings. The lowest BCUT2D eigenvalue weighted by Crippen LogP contribution is -2.52. The Bertz CT molecular complexity index is 1480. The molecule has 4 aliphatic heterocycles. The van der Waals surface area contributed by atoms with Crippen molar-refractivity contribution in [1.29, 1.82) is 0 Å². The van der Waals surface area contributed by atoms with Gasteiger partial charge in [-0.3, -0.25) is 9.59 Å². The van der Waals surface area contributed by atoms with E-state index in [1.54, 1.807) is 4.90 Å². The van der Waals surface area contributed by atoms with E-state index < -0.39 is 40.3 Å². The third-order valence-corrected chi connectivity index (χ3v) is 10.8. The van der Waals surface area contributed by atoms with Crippen molar-refractivity contribution in [2.24, 2.45) is 0 Å². The second kappa shape index (κ2) is 13.2. The van der Waals surface area contributed by atoms with Gasteiger partial charge in [-0.1, -0.05) is 41.4 Å². The highest BCUT2D eigenvalue weighted by Crippen LogP contribution is 2.45. The second-order valence-electron chi connectivity index (χ2n) is 12.9. The summed E-state index contributed by atoms with van der Waals surface area (Å²) in [5.74, 6) is -0.520. The number of hydrogen-bond donors (Lipinski definition) is 1. The van der Waals surface area contributed by atoms with Crippen LogP contribution in [0.1, 0.15) is 61.6 Å². The number of rotatable bonds is 5. The molecule has 4 heterocycles. The Kier molecular flexibility index (Phi) is 9.47. The molecule has 248 valence electrons. The van der Waals surface area contributed by atoms with Crippen LogP contribution in [0, 0.1) is 0 Å². The average Bonchev–Trinajstić information content (AvgIpc) is 3.57. The van der Waals surface area contributed by atoms with E-state index in [0.717, 1.165) is 56.1 Å². The molecule has 0 aliphatic carbocycles. The van der Waals surface area contributed by atoms with Gasteiger partial charge >= 0.3 is 12.3 Å². The molecule has 0 aromatic heterocycles. The number of carbonyl (C=O) groups excluding carboxylic acids is 3. The molecule has 0 radical (unpaired) electrons. The smallest absolute Gasteiger partial charge is 0.417 e. The third kappa shape index (κ3) is 6.82. The van der Waals surface area contributed by atoms with E-state index in [1.165, 1.54) is 11.0 Å². The van der Waals surface area contributed by atoms with Crippen LogP contribution >= 0.6 is 23.2 Å². The molecule has 0 unspecified atom stereocenters. The quantitative estimate of drug-likeness (QED) is 0.389. The third-order valence-electron chi connectivity index (χ3n) is 10.0. The molecule has 0 saturated carbocycles. The van der Waals surface area contributed by atoms with Crippen molar-refractivity contribution >= 4 is 46.8 Å². The molecular formula is C33H37Cl2F3N4O4. The van der Waals surface area contributed by atoms with Crippen molar-refractivity contribution in [1.82, 2.24) is 14.7 Å². The standard InChI is InChI=1S/C33H37Cl2F3N4O4/c34-25-18-21(17-24(29(25)35)33(36,37)38)19-27(30(44)41-13-7-22(8-14-41)40-11-3-4-12-40)46-31(45)42-15-9-32(10-16-42)20-28(43)39-26-6-2-1-5-23(26)32/h1-2,5-6,17-18,22,27H,3-4,7-16,19-20H2,(H,39,43)/t27-/m1/s1. The molecule has 4 aliphatic rings.